The van der Waals surface area contributed by atoms with Crippen LogP contribution in [-0.4, -0.2) is 12.7 Å². The molecule has 0 aromatic heterocycles. The number of hydrogen-bond donors (Lipinski definition) is 0. The summed E-state index contributed by atoms with van der Waals surface area (Å²) in [5.74, 6) is 0. The van der Waals surface area contributed by atoms with Gasteiger partial charge in [0.15, 0.2) is 0 Å². The van der Waals surface area contributed by atoms with Gasteiger partial charge in [-0.15, -0.1) is 6.58 Å². The van der Waals surface area contributed by atoms with Crippen molar-refractivity contribution < 1.29 is 4.74 Å². The molecule has 1 heterocycles. The van der Waals surface area contributed by atoms with Crippen LogP contribution in [0.15, 0.2) is 12.7 Å². The van der Waals surface area contributed by atoms with Gasteiger partial charge >= 0.3 is 0 Å². The molecule has 2 unspecified atom stereocenters. The van der Waals surface area contributed by atoms with Crippen molar-refractivity contribution in [2.75, 3.05) is 6.61 Å². The summed E-state index contributed by atoms with van der Waals surface area (Å²) in [6, 6.07) is 0. The zero-order valence-electron chi connectivity index (χ0n) is 9.39. The van der Waals surface area contributed by atoms with Crippen LogP contribution >= 0.6 is 0 Å². The molecule has 1 nitrogen and oxygen atoms in total. The largest absolute Gasteiger partial charge is 0.373 e. The predicted octanol–water partition coefficient (Wildman–Crippen LogP) is 3.40. The second-order valence-corrected chi connectivity index (χ2v) is 5.20. The van der Waals surface area contributed by atoms with Gasteiger partial charge in [-0.25, -0.2) is 0 Å². The number of ether oxygens (including phenoxy) is 1. The molecule has 0 radical (unpaired) electrons. The topological polar surface area (TPSA) is 12.5 Å². The molecule has 2 atom stereocenters. The van der Waals surface area contributed by atoms with Crippen molar-refractivity contribution in [3.8, 4) is 0 Å². The number of allylic oxidation sites excluding steroid dienone is 1. The lowest BCUT2D eigenvalue weighted by Crippen LogP contribution is -2.27. The molecule has 0 aromatic carbocycles. The van der Waals surface area contributed by atoms with Gasteiger partial charge in [0.05, 0.1) is 12.7 Å². The molecule has 0 spiro atoms. The molecule has 0 amide bonds. The van der Waals surface area contributed by atoms with E-state index in [2.05, 4.69) is 40.3 Å². The summed E-state index contributed by atoms with van der Waals surface area (Å²) >= 11 is 0. The van der Waals surface area contributed by atoms with Crippen LogP contribution in [0.5, 0.6) is 0 Å². The third kappa shape index (κ3) is 2.57. The minimum absolute atomic E-state index is 0.273. The predicted molar refractivity (Wildman–Crippen MR) is 56.7 cm³/mol. The van der Waals surface area contributed by atoms with E-state index in [-0.39, 0.29) is 5.41 Å². The first-order valence-corrected chi connectivity index (χ1v) is 5.19. The van der Waals surface area contributed by atoms with Gasteiger partial charge in [0.25, 0.3) is 0 Å². The fourth-order valence-corrected chi connectivity index (χ4v) is 2.00. The summed E-state index contributed by atoms with van der Waals surface area (Å²) in [6.07, 6.45) is 4.91. The average Bonchev–Trinajstić information content (AvgIpc) is 2.85. The molecular weight excluding hydrogens is 160 g/mol. The van der Waals surface area contributed by atoms with Gasteiger partial charge in [0, 0.05) is 0 Å². The Bertz CT molecular complexity index is 191. The lowest BCUT2D eigenvalue weighted by atomic mass is 9.71. The van der Waals surface area contributed by atoms with Gasteiger partial charge in [-0.3, -0.25) is 0 Å². The summed E-state index contributed by atoms with van der Waals surface area (Å²) in [5.41, 5.74) is 0.578. The maximum absolute atomic E-state index is 5.37. The second-order valence-electron chi connectivity index (χ2n) is 5.20. The molecule has 0 aliphatic carbocycles. The second kappa shape index (κ2) is 3.45. The van der Waals surface area contributed by atoms with Crippen LogP contribution in [0.4, 0.5) is 0 Å². The van der Waals surface area contributed by atoms with Gasteiger partial charge in [-0.05, 0) is 23.7 Å². The van der Waals surface area contributed by atoms with Crippen molar-refractivity contribution in [1.82, 2.24) is 0 Å². The van der Waals surface area contributed by atoms with E-state index in [9.17, 15) is 0 Å². The Morgan fingerprint density at radius 3 is 2.31 bits per heavy atom. The SMILES string of the molecule is C=CC(C)(CC)CC(C)(C)C1CO1. The molecule has 13 heavy (non-hydrogen) atoms. The highest BCUT2D eigenvalue weighted by atomic mass is 16.6. The summed E-state index contributed by atoms with van der Waals surface area (Å²) in [6.45, 7) is 14.0. The lowest BCUT2D eigenvalue weighted by molar-refractivity contribution is 0.163. The molecule has 0 aromatic rings. The van der Waals surface area contributed by atoms with E-state index in [1.165, 1.54) is 6.42 Å². The maximum atomic E-state index is 5.37. The highest BCUT2D eigenvalue weighted by molar-refractivity contribution is 4.98. The minimum atomic E-state index is 0.273. The Morgan fingerprint density at radius 1 is 1.46 bits per heavy atom. The Balaban J connectivity index is 2.58. The smallest absolute Gasteiger partial charge is 0.0861 e. The molecule has 1 aliphatic rings. The normalized spacial score (nSPS) is 26.6. The Kier molecular flexibility index (Phi) is 2.86. The van der Waals surface area contributed by atoms with E-state index in [1.807, 2.05) is 0 Å². The van der Waals surface area contributed by atoms with Gasteiger partial charge in [-0.1, -0.05) is 33.8 Å². The van der Waals surface area contributed by atoms with Crippen LogP contribution in [0.25, 0.3) is 0 Å². The molecule has 0 N–H and O–H groups in total. The molecule has 0 bridgehead atoms. The number of rotatable bonds is 5. The standard InChI is InChI=1S/C12H22O/c1-6-12(5,7-2)9-11(3,4)10-8-13-10/h6,10H,1,7-9H2,2-5H3. The van der Waals surface area contributed by atoms with E-state index >= 15 is 0 Å². The fourth-order valence-electron chi connectivity index (χ4n) is 2.00. The third-order valence-electron chi connectivity index (χ3n) is 3.36. The highest BCUT2D eigenvalue weighted by Crippen LogP contribution is 2.43. The molecule has 76 valence electrons. The van der Waals surface area contributed by atoms with Crippen LogP contribution < -0.4 is 0 Å². The Labute approximate surface area is 82.2 Å². The van der Waals surface area contributed by atoms with Gasteiger partial charge in [-0.2, -0.15) is 0 Å². The minimum Gasteiger partial charge on any atom is -0.373 e. The summed E-state index contributed by atoms with van der Waals surface area (Å²) in [4.78, 5) is 0. The molecule has 1 saturated heterocycles. The van der Waals surface area contributed by atoms with Gasteiger partial charge < -0.3 is 4.74 Å². The van der Waals surface area contributed by atoms with Crippen LogP contribution in [-0.2, 0) is 4.74 Å². The van der Waals surface area contributed by atoms with Crippen molar-refractivity contribution in [2.24, 2.45) is 10.8 Å². The van der Waals surface area contributed by atoms with E-state index in [0.29, 0.717) is 11.5 Å². The molecule has 1 aliphatic heterocycles. The monoisotopic (exact) mass is 182 g/mol. The van der Waals surface area contributed by atoms with E-state index in [4.69, 9.17) is 4.74 Å². The lowest BCUT2D eigenvalue weighted by Gasteiger charge is -2.33. The van der Waals surface area contributed by atoms with Crippen LogP contribution in [0.3, 0.4) is 0 Å². The molecule has 0 saturated carbocycles. The summed E-state index contributed by atoms with van der Waals surface area (Å²) in [7, 11) is 0. The zero-order chi connectivity index (χ0) is 10.1. The van der Waals surface area contributed by atoms with Crippen molar-refractivity contribution in [3.05, 3.63) is 12.7 Å². The molecular formula is C12H22O. The van der Waals surface area contributed by atoms with Crippen LogP contribution in [0.1, 0.15) is 40.5 Å². The van der Waals surface area contributed by atoms with Crippen molar-refractivity contribution in [2.45, 2.75) is 46.6 Å². The molecule has 1 heteroatoms. The summed E-state index contributed by atoms with van der Waals surface area (Å²) < 4.78 is 5.37. The van der Waals surface area contributed by atoms with Crippen LogP contribution in [0, 0.1) is 10.8 Å². The van der Waals surface area contributed by atoms with Crippen molar-refractivity contribution in [1.29, 1.82) is 0 Å². The maximum Gasteiger partial charge on any atom is 0.0861 e. The first-order valence-electron chi connectivity index (χ1n) is 5.19. The van der Waals surface area contributed by atoms with E-state index < -0.39 is 0 Å². The Morgan fingerprint density at radius 2 is 2.00 bits per heavy atom. The third-order valence-corrected chi connectivity index (χ3v) is 3.36. The van der Waals surface area contributed by atoms with Crippen LogP contribution in [0.2, 0.25) is 0 Å². The molecule has 1 fully saturated rings. The van der Waals surface area contributed by atoms with E-state index in [1.54, 1.807) is 0 Å². The average molecular weight is 182 g/mol. The van der Waals surface area contributed by atoms with Gasteiger partial charge in [0.2, 0.25) is 0 Å². The highest BCUT2D eigenvalue weighted by Gasteiger charge is 2.42. The number of epoxide rings is 1. The fraction of sp³-hybridized carbons (Fsp3) is 0.833. The first-order chi connectivity index (χ1) is 5.93. The van der Waals surface area contributed by atoms with E-state index in [0.717, 1.165) is 13.0 Å². The Hall–Kier alpha value is -0.300. The molecule has 1 rings (SSSR count). The van der Waals surface area contributed by atoms with Crippen molar-refractivity contribution >= 4 is 0 Å². The summed E-state index contributed by atoms with van der Waals surface area (Å²) in [5, 5.41) is 0. The number of hydrogen-bond acceptors (Lipinski definition) is 1. The van der Waals surface area contributed by atoms with Gasteiger partial charge in [0.1, 0.15) is 0 Å². The van der Waals surface area contributed by atoms with Crippen molar-refractivity contribution in [3.63, 3.8) is 0 Å². The quantitative estimate of drug-likeness (QED) is 0.469. The zero-order valence-corrected chi connectivity index (χ0v) is 9.39. The first kappa shape index (κ1) is 10.8.